The van der Waals surface area contributed by atoms with E-state index in [9.17, 15) is 5.11 Å². The van der Waals surface area contributed by atoms with Crippen LogP contribution in [0, 0.1) is 23.2 Å². The van der Waals surface area contributed by atoms with E-state index in [2.05, 4.69) is 0 Å². The number of aliphatic hydroxyl groups is 1. The van der Waals surface area contributed by atoms with E-state index in [0.29, 0.717) is 12.5 Å². The second-order valence-corrected chi connectivity index (χ2v) is 6.15. The summed E-state index contributed by atoms with van der Waals surface area (Å²) in [6, 6.07) is 0. The fraction of sp³-hybridized carbons (Fsp3) is 1.00. The van der Waals surface area contributed by atoms with Crippen LogP contribution in [-0.2, 0) is 0 Å². The summed E-state index contributed by atoms with van der Waals surface area (Å²) in [7, 11) is 0. The Kier molecular flexibility index (Phi) is 2.33. The average Bonchev–Trinajstić information content (AvgIpc) is 2.74. The summed E-state index contributed by atoms with van der Waals surface area (Å²) in [4.78, 5) is 0. The molecule has 0 amide bonds. The van der Waals surface area contributed by atoms with Gasteiger partial charge in [0.05, 0.1) is 6.10 Å². The first-order valence-corrected chi connectivity index (χ1v) is 6.64. The molecule has 3 N–H and O–H groups in total. The van der Waals surface area contributed by atoms with Crippen LogP contribution in [0.4, 0.5) is 0 Å². The summed E-state index contributed by atoms with van der Waals surface area (Å²) in [5.41, 5.74) is 6.13. The smallest absolute Gasteiger partial charge is 0.0639 e. The van der Waals surface area contributed by atoms with Crippen molar-refractivity contribution in [1.29, 1.82) is 0 Å². The minimum Gasteiger partial charge on any atom is -0.392 e. The maximum Gasteiger partial charge on any atom is 0.0639 e. The number of hydrogen-bond donors (Lipinski definition) is 2. The van der Waals surface area contributed by atoms with Crippen molar-refractivity contribution in [2.45, 2.75) is 51.0 Å². The molecule has 0 aromatic carbocycles. The van der Waals surface area contributed by atoms with Gasteiger partial charge >= 0.3 is 0 Å². The second-order valence-electron chi connectivity index (χ2n) is 6.15. The molecule has 3 saturated carbocycles. The van der Waals surface area contributed by atoms with Crippen molar-refractivity contribution in [2.24, 2.45) is 28.9 Å². The summed E-state index contributed by atoms with van der Waals surface area (Å²) in [5.74, 6) is 2.20. The summed E-state index contributed by atoms with van der Waals surface area (Å²) < 4.78 is 0. The summed E-state index contributed by atoms with van der Waals surface area (Å²) >= 11 is 0. The van der Waals surface area contributed by atoms with E-state index in [1.807, 2.05) is 0 Å². The van der Waals surface area contributed by atoms with Gasteiger partial charge in [-0.1, -0.05) is 12.8 Å². The number of rotatable bonds is 3. The van der Waals surface area contributed by atoms with E-state index in [1.54, 1.807) is 0 Å². The van der Waals surface area contributed by atoms with E-state index in [4.69, 9.17) is 5.73 Å². The molecule has 2 bridgehead atoms. The van der Waals surface area contributed by atoms with Crippen molar-refractivity contribution in [3.05, 3.63) is 0 Å². The fourth-order valence-electron chi connectivity index (χ4n) is 4.44. The highest BCUT2D eigenvalue weighted by Crippen LogP contribution is 2.59. The third kappa shape index (κ3) is 1.31. The predicted molar refractivity (Wildman–Crippen MR) is 60.3 cm³/mol. The Morgan fingerprint density at radius 2 is 2.07 bits per heavy atom. The summed E-state index contributed by atoms with van der Waals surface area (Å²) in [6.45, 7) is 0.714. The zero-order valence-electron chi connectivity index (χ0n) is 9.49. The first-order valence-electron chi connectivity index (χ1n) is 6.64. The predicted octanol–water partition coefficient (Wildman–Crippen LogP) is 1.91. The van der Waals surface area contributed by atoms with Gasteiger partial charge in [0.25, 0.3) is 0 Å². The van der Waals surface area contributed by atoms with Gasteiger partial charge in [-0.25, -0.2) is 0 Å². The van der Waals surface area contributed by atoms with Gasteiger partial charge < -0.3 is 10.8 Å². The van der Waals surface area contributed by atoms with Crippen LogP contribution in [0.15, 0.2) is 0 Å². The molecule has 15 heavy (non-hydrogen) atoms. The second kappa shape index (κ2) is 3.46. The molecular weight excluding hydrogens is 186 g/mol. The highest BCUT2D eigenvalue weighted by Gasteiger charge is 2.55. The van der Waals surface area contributed by atoms with Gasteiger partial charge in [0, 0.05) is 12.0 Å². The van der Waals surface area contributed by atoms with Gasteiger partial charge in [0.2, 0.25) is 0 Å². The molecular formula is C13H23NO. The van der Waals surface area contributed by atoms with Crippen LogP contribution >= 0.6 is 0 Å². The number of hydrogen-bond acceptors (Lipinski definition) is 2. The minimum atomic E-state index is -0.0912. The van der Waals surface area contributed by atoms with Crippen LogP contribution in [0.2, 0.25) is 0 Å². The molecule has 3 aliphatic rings. The lowest BCUT2D eigenvalue weighted by atomic mass is 9.62. The van der Waals surface area contributed by atoms with Crippen molar-refractivity contribution < 1.29 is 5.11 Å². The van der Waals surface area contributed by atoms with Crippen molar-refractivity contribution in [3.8, 4) is 0 Å². The quantitative estimate of drug-likeness (QED) is 0.746. The van der Waals surface area contributed by atoms with Crippen LogP contribution in [0.25, 0.3) is 0 Å². The monoisotopic (exact) mass is 209 g/mol. The molecule has 86 valence electrons. The molecule has 0 aromatic heterocycles. The molecule has 0 radical (unpaired) electrons. The van der Waals surface area contributed by atoms with Crippen molar-refractivity contribution >= 4 is 0 Å². The Bertz CT molecular complexity index is 251. The highest BCUT2D eigenvalue weighted by atomic mass is 16.3. The van der Waals surface area contributed by atoms with Crippen molar-refractivity contribution in [3.63, 3.8) is 0 Å². The summed E-state index contributed by atoms with van der Waals surface area (Å²) in [6.07, 6.45) is 8.98. The molecule has 0 heterocycles. The molecule has 2 nitrogen and oxygen atoms in total. The molecule has 3 fully saturated rings. The lowest BCUT2D eigenvalue weighted by Gasteiger charge is -2.46. The first-order chi connectivity index (χ1) is 7.26. The number of aliphatic hydroxyl groups excluding tert-OH is 1. The molecule has 0 saturated heterocycles. The van der Waals surface area contributed by atoms with E-state index in [-0.39, 0.29) is 11.5 Å². The third-order valence-corrected chi connectivity index (χ3v) is 5.59. The first kappa shape index (κ1) is 10.1. The lowest BCUT2D eigenvalue weighted by molar-refractivity contribution is -0.0690. The molecule has 0 aromatic rings. The molecule has 3 rings (SSSR count). The summed E-state index contributed by atoms with van der Waals surface area (Å²) in [5, 5.41) is 10.6. The van der Waals surface area contributed by atoms with Gasteiger partial charge in [0.15, 0.2) is 0 Å². The Labute approximate surface area is 92.2 Å². The molecule has 3 aliphatic carbocycles. The largest absolute Gasteiger partial charge is 0.392 e. The topological polar surface area (TPSA) is 46.2 Å². The fourth-order valence-corrected chi connectivity index (χ4v) is 4.44. The zero-order valence-corrected chi connectivity index (χ0v) is 9.49. The lowest BCUT2D eigenvalue weighted by Crippen LogP contribution is -2.50. The maximum atomic E-state index is 10.6. The molecule has 4 unspecified atom stereocenters. The van der Waals surface area contributed by atoms with Gasteiger partial charge in [-0.15, -0.1) is 0 Å². The van der Waals surface area contributed by atoms with Crippen LogP contribution in [-0.4, -0.2) is 17.8 Å². The standard InChI is InChI=1S/C13H23NO/c14-8-13(12(15)10-2-1-3-10)7-9-4-5-11(13)6-9/h9-12,15H,1-8,14H2. The molecule has 2 heteroatoms. The Morgan fingerprint density at radius 3 is 2.47 bits per heavy atom. The van der Waals surface area contributed by atoms with E-state index in [0.717, 1.165) is 11.8 Å². The Balaban J connectivity index is 1.79. The average molecular weight is 209 g/mol. The Morgan fingerprint density at radius 1 is 1.27 bits per heavy atom. The van der Waals surface area contributed by atoms with Gasteiger partial charge in [0.1, 0.15) is 0 Å². The number of fused-ring (bicyclic) bond motifs is 2. The van der Waals surface area contributed by atoms with E-state index in [1.165, 1.54) is 44.9 Å². The van der Waals surface area contributed by atoms with Crippen LogP contribution in [0.1, 0.15) is 44.9 Å². The Hall–Kier alpha value is -0.0800. The van der Waals surface area contributed by atoms with Gasteiger partial charge in [-0.3, -0.25) is 0 Å². The molecule has 4 atom stereocenters. The molecule has 0 spiro atoms. The van der Waals surface area contributed by atoms with Crippen molar-refractivity contribution in [2.75, 3.05) is 6.54 Å². The van der Waals surface area contributed by atoms with Crippen LogP contribution in [0.5, 0.6) is 0 Å². The van der Waals surface area contributed by atoms with Crippen LogP contribution in [0.3, 0.4) is 0 Å². The maximum absolute atomic E-state index is 10.6. The molecule has 0 aliphatic heterocycles. The highest BCUT2D eigenvalue weighted by molar-refractivity contribution is 5.06. The third-order valence-electron chi connectivity index (χ3n) is 5.59. The normalized spacial score (nSPS) is 46.8. The number of nitrogens with two attached hydrogens (primary N) is 1. The van der Waals surface area contributed by atoms with Crippen LogP contribution < -0.4 is 5.73 Å². The van der Waals surface area contributed by atoms with Gasteiger partial charge in [-0.05, 0) is 49.9 Å². The minimum absolute atomic E-state index is 0.0912. The SMILES string of the molecule is NCC1(C(O)C2CCC2)CC2CCC1C2. The van der Waals surface area contributed by atoms with E-state index < -0.39 is 0 Å². The van der Waals surface area contributed by atoms with E-state index >= 15 is 0 Å². The zero-order chi connectivity index (χ0) is 10.5. The van der Waals surface area contributed by atoms with Crippen molar-refractivity contribution in [1.82, 2.24) is 0 Å². The van der Waals surface area contributed by atoms with Gasteiger partial charge in [-0.2, -0.15) is 0 Å².